The van der Waals surface area contributed by atoms with Crippen molar-refractivity contribution in [3.63, 3.8) is 0 Å². The van der Waals surface area contributed by atoms with Crippen molar-refractivity contribution in [3.8, 4) is 0 Å². The SMILES string of the molecule is Cl.Cl.NC(=O)c1nc2ccccc2s1. The Balaban J connectivity index is 0.000000845. The number of primary amides is 1. The lowest BCUT2D eigenvalue weighted by molar-refractivity contribution is 0.1000. The molecule has 3 nitrogen and oxygen atoms in total. The van der Waals surface area contributed by atoms with Gasteiger partial charge in [-0.1, -0.05) is 12.1 Å². The highest BCUT2D eigenvalue weighted by Gasteiger charge is 2.06. The Kier molecular flexibility index (Phi) is 4.83. The smallest absolute Gasteiger partial charge is 0.277 e. The van der Waals surface area contributed by atoms with Crippen LogP contribution < -0.4 is 5.73 Å². The summed E-state index contributed by atoms with van der Waals surface area (Å²) in [5, 5.41) is 0.371. The molecule has 0 radical (unpaired) electrons. The number of hydrogen-bond donors (Lipinski definition) is 1. The van der Waals surface area contributed by atoms with E-state index in [1.807, 2.05) is 24.3 Å². The van der Waals surface area contributed by atoms with Crippen LogP contribution in [0, 0.1) is 0 Å². The van der Waals surface area contributed by atoms with Crippen LogP contribution >= 0.6 is 36.2 Å². The second kappa shape index (κ2) is 5.14. The number of fused-ring (bicyclic) bond motifs is 1. The van der Waals surface area contributed by atoms with E-state index in [2.05, 4.69) is 4.98 Å². The zero-order chi connectivity index (χ0) is 8.55. The Bertz CT molecular complexity index is 411. The molecule has 0 aliphatic carbocycles. The molecule has 0 saturated heterocycles. The fourth-order valence-corrected chi connectivity index (χ4v) is 1.80. The molecule has 0 spiro atoms. The third kappa shape index (κ3) is 2.35. The van der Waals surface area contributed by atoms with Crippen molar-refractivity contribution < 1.29 is 4.79 Å². The van der Waals surface area contributed by atoms with Gasteiger partial charge in [-0.15, -0.1) is 36.2 Å². The van der Waals surface area contributed by atoms with Crippen LogP contribution in [0.1, 0.15) is 9.80 Å². The molecule has 0 atom stereocenters. The average molecular weight is 251 g/mol. The normalized spacial score (nSPS) is 8.86. The summed E-state index contributed by atoms with van der Waals surface area (Å²) in [6.45, 7) is 0. The van der Waals surface area contributed by atoms with Gasteiger partial charge in [-0.3, -0.25) is 4.79 Å². The maximum Gasteiger partial charge on any atom is 0.277 e. The number of thiazole rings is 1. The summed E-state index contributed by atoms with van der Waals surface area (Å²) in [5.41, 5.74) is 5.92. The van der Waals surface area contributed by atoms with Crippen molar-refractivity contribution in [2.45, 2.75) is 0 Å². The first-order chi connectivity index (χ1) is 5.77. The molecular weight excluding hydrogens is 243 g/mol. The van der Waals surface area contributed by atoms with Crippen molar-refractivity contribution in [2.75, 3.05) is 0 Å². The molecule has 6 heteroatoms. The van der Waals surface area contributed by atoms with Gasteiger partial charge in [-0.2, -0.15) is 0 Å². The van der Waals surface area contributed by atoms with E-state index in [4.69, 9.17) is 5.73 Å². The minimum Gasteiger partial charge on any atom is -0.364 e. The van der Waals surface area contributed by atoms with Crippen LogP contribution in [0.15, 0.2) is 24.3 Å². The molecule has 0 fully saturated rings. The lowest BCUT2D eigenvalue weighted by Crippen LogP contribution is -2.09. The summed E-state index contributed by atoms with van der Waals surface area (Å²) in [7, 11) is 0. The lowest BCUT2D eigenvalue weighted by atomic mass is 10.3. The molecule has 2 aromatic rings. The monoisotopic (exact) mass is 250 g/mol. The van der Waals surface area contributed by atoms with Gasteiger partial charge < -0.3 is 5.73 Å². The Morgan fingerprint density at radius 2 is 1.93 bits per heavy atom. The van der Waals surface area contributed by atoms with Gasteiger partial charge in [0.05, 0.1) is 10.2 Å². The Labute approximate surface area is 97.1 Å². The van der Waals surface area contributed by atoms with Crippen LogP contribution in [0.2, 0.25) is 0 Å². The number of nitrogens with two attached hydrogens (primary N) is 1. The molecule has 1 amide bonds. The molecule has 2 N–H and O–H groups in total. The van der Waals surface area contributed by atoms with E-state index >= 15 is 0 Å². The predicted octanol–water partition coefficient (Wildman–Crippen LogP) is 2.24. The number of hydrogen-bond acceptors (Lipinski definition) is 3. The first-order valence-electron chi connectivity index (χ1n) is 3.43. The molecule has 14 heavy (non-hydrogen) atoms. The summed E-state index contributed by atoms with van der Waals surface area (Å²) in [5.74, 6) is -0.462. The quantitative estimate of drug-likeness (QED) is 0.844. The van der Waals surface area contributed by atoms with Crippen molar-refractivity contribution in [2.24, 2.45) is 5.73 Å². The van der Waals surface area contributed by atoms with Crippen LogP contribution in [-0.2, 0) is 0 Å². The molecule has 0 saturated carbocycles. The highest BCUT2D eigenvalue weighted by Crippen LogP contribution is 2.20. The van der Waals surface area contributed by atoms with E-state index in [0.29, 0.717) is 5.01 Å². The fraction of sp³-hybridized carbons (Fsp3) is 0. The number of carbonyl (C=O) groups excluding carboxylic acids is 1. The maximum atomic E-state index is 10.7. The molecular formula is C8H8Cl2N2OS. The number of halogens is 2. The molecule has 1 aromatic heterocycles. The first-order valence-corrected chi connectivity index (χ1v) is 4.24. The topological polar surface area (TPSA) is 56.0 Å². The van der Waals surface area contributed by atoms with Crippen LogP contribution in [0.3, 0.4) is 0 Å². The van der Waals surface area contributed by atoms with Crippen molar-refractivity contribution in [3.05, 3.63) is 29.3 Å². The van der Waals surface area contributed by atoms with Crippen molar-refractivity contribution in [1.82, 2.24) is 4.98 Å². The van der Waals surface area contributed by atoms with Crippen LogP contribution in [0.4, 0.5) is 0 Å². The molecule has 1 aromatic carbocycles. The average Bonchev–Trinajstić information content (AvgIpc) is 2.46. The Morgan fingerprint density at radius 1 is 1.29 bits per heavy atom. The van der Waals surface area contributed by atoms with Crippen LogP contribution in [0.25, 0.3) is 10.2 Å². The summed E-state index contributed by atoms with van der Waals surface area (Å²) in [4.78, 5) is 14.8. The molecule has 0 aliphatic heterocycles. The number of nitrogens with zero attached hydrogens (tertiary/aromatic N) is 1. The molecule has 2 rings (SSSR count). The summed E-state index contributed by atoms with van der Waals surface area (Å²) < 4.78 is 0.992. The van der Waals surface area contributed by atoms with E-state index in [1.165, 1.54) is 11.3 Å². The molecule has 0 unspecified atom stereocenters. The van der Waals surface area contributed by atoms with Crippen LogP contribution in [0.5, 0.6) is 0 Å². The number of rotatable bonds is 1. The summed E-state index contributed by atoms with van der Waals surface area (Å²) >= 11 is 1.32. The number of carbonyl (C=O) groups is 1. The first kappa shape index (κ1) is 13.2. The number of benzene rings is 1. The van der Waals surface area contributed by atoms with E-state index in [9.17, 15) is 4.79 Å². The molecule has 76 valence electrons. The minimum absolute atomic E-state index is 0. The van der Waals surface area contributed by atoms with Gasteiger partial charge in [0.2, 0.25) is 0 Å². The van der Waals surface area contributed by atoms with Gasteiger partial charge in [0.15, 0.2) is 5.01 Å². The highest BCUT2D eigenvalue weighted by atomic mass is 35.5. The number of aromatic nitrogens is 1. The second-order valence-electron chi connectivity index (χ2n) is 2.35. The van der Waals surface area contributed by atoms with Gasteiger partial charge >= 0.3 is 0 Å². The molecule has 0 aliphatic rings. The maximum absolute atomic E-state index is 10.7. The van der Waals surface area contributed by atoms with Gasteiger partial charge in [0, 0.05) is 0 Å². The van der Waals surface area contributed by atoms with Gasteiger partial charge in [-0.05, 0) is 12.1 Å². The van der Waals surface area contributed by atoms with Crippen molar-refractivity contribution >= 4 is 52.3 Å². The van der Waals surface area contributed by atoms with Gasteiger partial charge in [0.1, 0.15) is 0 Å². The molecule has 1 heterocycles. The third-order valence-corrected chi connectivity index (χ3v) is 2.56. The predicted molar refractivity (Wildman–Crippen MR) is 62.6 cm³/mol. The number of para-hydroxylation sites is 1. The third-order valence-electron chi connectivity index (χ3n) is 1.50. The van der Waals surface area contributed by atoms with E-state index < -0.39 is 5.91 Å². The Morgan fingerprint density at radius 3 is 2.50 bits per heavy atom. The van der Waals surface area contributed by atoms with Gasteiger partial charge in [-0.25, -0.2) is 4.98 Å². The largest absolute Gasteiger partial charge is 0.364 e. The number of amides is 1. The summed E-state index contributed by atoms with van der Waals surface area (Å²) in [6, 6.07) is 7.57. The van der Waals surface area contributed by atoms with E-state index in [1.54, 1.807) is 0 Å². The van der Waals surface area contributed by atoms with Crippen LogP contribution in [-0.4, -0.2) is 10.9 Å². The lowest BCUT2D eigenvalue weighted by Gasteiger charge is -1.80. The van der Waals surface area contributed by atoms with E-state index in [-0.39, 0.29) is 24.8 Å². The second-order valence-corrected chi connectivity index (χ2v) is 3.38. The molecule has 0 bridgehead atoms. The Hall–Kier alpha value is -0.840. The van der Waals surface area contributed by atoms with E-state index in [0.717, 1.165) is 10.2 Å². The van der Waals surface area contributed by atoms with Crippen molar-refractivity contribution in [1.29, 1.82) is 0 Å². The fourth-order valence-electron chi connectivity index (χ4n) is 0.978. The zero-order valence-corrected chi connectivity index (χ0v) is 9.42. The minimum atomic E-state index is -0.462. The zero-order valence-electron chi connectivity index (χ0n) is 6.97. The summed E-state index contributed by atoms with van der Waals surface area (Å²) in [6.07, 6.45) is 0. The van der Waals surface area contributed by atoms with Gasteiger partial charge in [0.25, 0.3) is 5.91 Å². The highest BCUT2D eigenvalue weighted by molar-refractivity contribution is 7.20. The standard InChI is InChI=1S/C8H6N2OS.2ClH/c9-7(11)8-10-5-3-1-2-4-6(5)12-8;;/h1-4H,(H2,9,11);2*1H.